The van der Waals surface area contributed by atoms with E-state index in [-0.39, 0.29) is 11.8 Å². The Hall–Kier alpha value is -1.01. The van der Waals surface area contributed by atoms with E-state index in [1.807, 2.05) is 13.8 Å². The van der Waals surface area contributed by atoms with Crippen molar-refractivity contribution in [2.45, 2.75) is 26.2 Å². The third-order valence-corrected chi connectivity index (χ3v) is 3.72. The van der Waals surface area contributed by atoms with Gasteiger partial charge in [0.05, 0.1) is 5.69 Å². The molecule has 1 saturated heterocycles. The van der Waals surface area contributed by atoms with Gasteiger partial charge in [0.15, 0.2) is 0 Å². The Bertz CT molecular complexity index is 385. The summed E-state index contributed by atoms with van der Waals surface area (Å²) in [5, 5.41) is 10.3. The Balaban J connectivity index is 1.92. The molecular formula is C11H18N4OS. The zero-order valence-corrected chi connectivity index (χ0v) is 11.0. The lowest BCUT2D eigenvalue weighted by molar-refractivity contribution is 0.0951. The average Bonchev–Trinajstić information content (AvgIpc) is 2.96. The van der Waals surface area contributed by atoms with Crippen LogP contribution in [-0.4, -0.2) is 35.1 Å². The van der Waals surface area contributed by atoms with Crippen LogP contribution in [0.5, 0.6) is 0 Å². The van der Waals surface area contributed by atoms with Crippen molar-refractivity contribution in [2.75, 3.05) is 19.6 Å². The van der Waals surface area contributed by atoms with Crippen LogP contribution in [0.15, 0.2) is 0 Å². The molecule has 0 spiro atoms. The summed E-state index contributed by atoms with van der Waals surface area (Å²) in [6.07, 6.45) is 1.14. The molecule has 1 amide bonds. The monoisotopic (exact) mass is 254 g/mol. The van der Waals surface area contributed by atoms with Crippen LogP contribution >= 0.6 is 11.5 Å². The van der Waals surface area contributed by atoms with E-state index in [4.69, 9.17) is 0 Å². The summed E-state index contributed by atoms with van der Waals surface area (Å²) in [6.45, 7) is 6.84. The van der Waals surface area contributed by atoms with Gasteiger partial charge in [-0.05, 0) is 42.9 Å². The first-order valence-corrected chi connectivity index (χ1v) is 6.77. The molecule has 0 aromatic carbocycles. The van der Waals surface area contributed by atoms with Gasteiger partial charge in [-0.15, -0.1) is 5.10 Å². The van der Waals surface area contributed by atoms with Gasteiger partial charge in [0.2, 0.25) is 0 Å². The number of carbonyl (C=O) groups excluding carboxylic acids is 1. The van der Waals surface area contributed by atoms with E-state index in [0.717, 1.165) is 31.7 Å². The van der Waals surface area contributed by atoms with Crippen LogP contribution in [0.1, 0.15) is 41.6 Å². The topological polar surface area (TPSA) is 66.9 Å². The van der Waals surface area contributed by atoms with Gasteiger partial charge in [-0.3, -0.25) is 4.79 Å². The molecule has 0 aliphatic carbocycles. The molecule has 1 aromatic rings. The van der Waals surface area contributed by atoms with Crippen molar-refractivity contribution in [1.82, 2.24) is 20.2 Å². The van der Waals surface area contributed by atoms with E-state index >= 15 is 0 Å². The Morgan fingerprint density at radius 3 is 3.12 bits per heavy atom. The Kier molecular flexibility index (Phi) is 4.06. The van der Waals surface area contributed by atoms with E-state index in [1.54, 1.807) is 0 Å². The smallest absolute Gasteiger partial charge is 0.264 e. The van der Waals surface area contributed by atoms with Gasteiger partial charge in [-0.1, -0.05) is 18.3 Å². The lowest BCUT2D eigenvalue weighted by atomic mass is 10.1. The van der Waals surface area contributed by atoms with Crippen LogP contribution in [0.3, 0.4) is 0 Å². The Morgan fingerprint density at radius 2 is 2.47 bits per heavy atom. The minimum absolute atomic E-state index is 0.0319. The maximum absolute atomic E-state index is 12.0. The molecule has 0 saturated carbocycles. The molecule has 1 fully saturated rings. The molecule has 1 unspecified atom stereocenters. The Labute approximate surface area is 105 Å². The normalized spacial score (nSPS) is 19.8. The van der Waals surface area contributed by atoms with Gasteiger partial charge >= 0.3 is 0 Å². The summed E-state index contributed by atoms with van der Waals surface area (Å²) < 4.78 is 3.86. The molecule has 6 heteroatoms. The second kappa shape index (κ2) is 5.55. The maximum Gasteiger partial charge on any atom is 0.264 e. The van der Waals surface area contributed by atoms with Gasteiger partial charge in [0.1, 0.15) is 4.88 Å². The summed E-state index contributed by atoms with van der Waals surface area (Å²) in [5.74, 6) is 0.764. The van der Waals surface area contributed by atoms with Crippen molar-refractivity contribution in [3.05, 3.63) is 10.6 Å². The second-order valence-corrected chi connectivity index (χ2v) is 5.46. The van der Waals surface area contributed by atoms with Gasteiger partial charge in [-0.2, -0.15) is 0 Å². The van der Waals surface area contributed by atoms with Gasteiger partial charge in [-0.25, -0.2) is 0 Å². The lowest BCUT2D eigenvalue weighted by Crippen LogP contribution is -2.30. The molecular weight excluding hydrogens is 236 g/mol. The van der Waals surface area contributed by atoms with Gasteiger partial charge in [0, 0.05) is 6.54 Å². The van der Waals surface area contributed by atoms with Crippen LogP contribution in [-0.2, 0) is 0 Å². The second-order valence-electron chi connectivity index (χ2n) is 4.71. The first-order chi connectivity index (χ1) is 8.18. The van der Waals surface area contributed by atoms with E-state index in [1.165, 1.54) is 11.5 Å². The molecule has 2 heterocycles. The summed E-state index contributed by atoms with van der Waals surface area (Å²) >= 11 is 1.18. The highest BCUT2D eigenvalue weighted by Gasteiger charge is 2.20. The molecule has 94 valence electrons. The summed E-state index contributed by atoms with van der Waals surface area (Å²) in [7, 11) is 0. The van der Waals surface area contributed by atoms with Crippen molar-refractivity contribution in [2.24, 2.45) is 5.92 Å². The number of hydrogen-bond donors (Lipinski definition) is 2. The number of aromatic nitrogens is 2. The van der Waals surface area contributed by atoms with E-state index in [2.05, 4.69) is 20.2 Å². The molecule has 1 aliphatic rings. The first-order valence-electron chi connectivity index (χ1n) is 5.99. The highest BCUT2D eigenvalue weighted by Crippen LogP contribution is 2.19. The minimum Gasteiger partial charge on any atom is -0.351 e. The maximum atomic E-state index is 12.0. The van der Waals surface area contributed by atoms with Crippen molar-refractivity contribution in [3.8, 4) is 0 Å². The van der Waals surface area contributed by atoms with Crippen LogP contribution < -0.4 is 10.6 Å². The summed E-state index contributed by atoms with van der Waals surface area (Å²) in [5.41, 5.74) is 0.803. The number of nitrogens with one attached hydrogen (secondary N) is 2. The molecule has 17 heavy (non-hydrogen) atoms. The molecule has 2 rings (SSSR count). The predicted octanol–water partition coefficient (Wildman–Crippen LogP) is 1.00. The number of amides is 1. The van der Waals surface area contributed by atoms with Gasteiger partial charge < -0.3 is 10.6 Å². The lowest BCUT2D eigenvalue weighted by Gasteiger charge is -2.10. The molecule has 0 radical (unpaired) electrons. The predicted molar refractivity (Wildman–Crippen MR) is 67.3 cm³/mol. The van der Waals surface area contributed by atoms with Crippen molar-refractivity contribution in [3.63, 3.8) is 0 Å². The number of carbonyl (C=O) groups is 1. The SMILES string of the molecule is CC(C)c1nnsc1C(=O)NCC1CCNC1. The van der Waals surface area contributed by atoms with Gasteiger partial charge in [0.25, 0.3) is 5.91 Å². The third kappa shape index (κ3) is 3.01. The van der Waals surface area contributed by atoms with E-state index in [9.17, 15) is 4.79 Å². The molecule has 0 bridgehead atoms. The van der Waals surface area contributed by atoms with E-state index in [0.29, 0.717) is 10.8 Å². The molecule has 1 aliphatic heterocycles. The first kappa shape index (κ1) is 12.4. The molecule has 1 atom stereocenters. The Morgan fingerprint density at radius 1 is 1.65 bits per heavy atom. The summed E-state index contributed by atoms with van der Waals surface area (Å²) in [6, 6.07) is 0. The number of rotatable bonds is 4. The van der Waals surface area contributed by atoms with E-state index < -0.39 is 0 Å². The minimum atomic E-state index is -0.0319. The van der Waals surface area contributed by atoms with Crippen molar-refractivity contribution < 1.29 is 4.79 Å². The van der Waals surface area contributed by atoms with Crippen LogP contribution in [0, 0.1) is 5.92 Å². The van der Waals surface area contributed by atoms with Crippen LogP contribution in [0.4, 0.5) is 0 Å². The molecule has 5 nitrogen and oxygen atoms in total. The zero-order valence-electron chi connectivity index (χ0n) is 10.2. The van der Waals surface area contributed by atoms with Crippen LogP contribution in [0.2, 0.25) is 0 Å². The van der Waals surface area contributed by atoms with Crippen LogP contribution in [0.25, 0.3) is 0 Å². The fraction of sp³-hybridized carbons (Fsp3) is 0.727. The number of nitrogens with zero attached hydrogens (tertiary/aromatic N) is 2. The largest absolute Gasteiger partial charge is 0.351 e. The quantitative estimate of drug-likeness (QED) is 0.841. The molecule has 1 aromatic heterocycles. The third-order valence-electron chi connectivity index (χ3n) is 2.98. The van der Waals surface area contributed by atoms with Crippen molar-refractivity contribution in [1.29, 1.82) is 0 Å². The summed E-state index contributed by atoms with van der Waals surface area (Å²) in [4.78, 5) is 12.6. The van der Waals surface area contributed by atoms with Crippen molar-refractivity contribution >= 4 is 17.4 Å². The fourth-order valence-electron chi connectivity index (χ4n) is 1.94. The highest BCUT2D eigenvalue weighted by molar-refractivity contribution is 7.08. The standard InChI is InChI=1S/C11H18N4OS/c1-7(2)9-10(17-15-14-9)11(16)13-6-8-3-4-12-5-8/h7-8,12H,3-6H2,1-2H3,(H,13,16). The molecule has 2 N–H and O–H groups in total. The fourth-order valence-corrected chi connectivity index (χ4v) is 2.67. The highest BCUT2D eigenvalue weighted by atomic mass is 32.1. The number of hydrogen-bond acceptors (Lipinski definition) is 5. The zero-order chi connectivity index (χ0) is 12.3. The average molecular weight is 254 g/mol.